The minimum absolute atomic E-state index is 0.121. The number of nitrogens with zero attached hydrogens (tertiary/aromatic N) is 5. The summed E-state index contributed by atoms with van der Waals surface area (Å²) in [5.41, 5.74) is 0.00909. The highest BCUT2D eigenvalue weighted by Gasteiger charge is 2.28. The number of hydrogen-bond donors (Lipinski definition) is 0. The van der Waals surface area contributed by atoms with Gasteiger partial charge in [-0.15, -0.1) is 0 Å². The van der Waals surface area contributed by atoms with E-state index in [4.69, 9.17) is 4.52 Å². The van der Waals surface area contributed by atoms with Crippen molar-refractivity contribution in [1.29, 1.82) is 0 Å². The first-order valence-corrected chi connectivity index (χ1v) is 7.06. The highest BCUT2D eigenvalue weighted by molar-refractivity contribution is 5.60. The molecule has 0 spiro atoms. The largest absolute Gasteiger partial charge is 0.332 e. The lowest BCUT2D eigenvalue weighted by Gasteiger charge is -2.23. The molecule has 0 N–H and O–H groups in total. The molecule has 2 unspecified atom stereocenters. The molecule has 21 heavy (non-hydrogen) atoms. The number of aryl methyl sites for hydroxylation is 1. The second-order valence-electron chi connectivity index (χ2n) is 5.72. The van der Waals surface area contributed by atoms with Gasteiger partial charge in [-0.25, -0.2) is 0 Å². The molecule has 0 amide bonds. The van der Waals surface area contributed by atoms with Crippen molar-refractivity contribution < 1.29 is 9.45 Å². The number of rotatable bonds is 3. The Morgan fingerprint density at radius 2 is 2.29 bits per heavy atom. The van der Waals surface area contributed by atoms with Gasteiger partial charge in [0.25, 0.3) is 5.89 Å². The third-order valence-corrected chi connectivity index (χ3v) is 3.95. The molecular weight excluding hydrogens is 274 g/mol. The molecule has 2 aromatic rings. The molecule has 112 valence electrons. The van der Waals surface area contributed by atoms with Crippen molar-refractivity contribution in [2.75, 3.05) is 0 Å². The molecule has 2 heterocycles. The zero-order valence-electron chi connectivity index (χ0n) is 12.0. The fourth-order valence-electron chi connectivity index (χ4n) is 2.93. The Morgan fingerprint density at radius 3 is 3.00 bits per heavy atom. The van der Waals surface area contributed by atoms with Gasteiger partial charge in [0.2, 0.25) is 5.69 Å². The topological polar surface area (TPSA) is 99.9 Å². The van der Waals surface area contributed by atoms with E-state index in [1.54, 1.807) is 7.05 Å². The summed E-state index contributed by atoms with van der Waals surface area (Å²) in [6.07, 6.45) is 5.78. The normalized spacial score (nSPS) is 22.4. The summed E-state index contributed by atoms with van der Waals surface area (Å²) in [7, 11) is 1.62. The van der Waals surface area contributed by atoms with E-state index in [1.165, 1.54) is 17.3 Å². The molecule has 3 rings (SSSR count). The van der Waals surface area contributed by atoms with Gasteiger partial charge in [0.15, 0.2) is 5.82 Å². The van der Waals surface area contributed by atoms with Crippen molar-refractivity contribution in [3.8, 4) is 11.6 Å². The average Bonchev–Trinajstić information content (AvgIpc) is 3.04. The van der Waals surface area contributed by atoms with Crippen molar-refractivity contribution in [3.63, 3.8) is 0 Å². The number of aromatic nitrogens is 4. The summed E-state index contributed by atoms with van der Waals surface area (Å²) < 4.78 is 6.58. The smallest absolute Gasteiger partial charge is 0.320 e. The van der Waals surface area contributed by atoms with Crippen LogP contribution in [0.2, 0.25) is 0 Å². The minimum atomic E-state index is -0.491. The Labute approximate surface area is 121 Å². The van der Waals surface area contributed by atoms with Crippen LogP contribution < -0.4 is 0 Å². The minimum Gasteiger partial charge on any atom is -0.332 e. The molecule has 1 aliphatic carbocycles. The highest BCUT2D eigenvalue weighted by atomic mass is 16.6. The second-order valence-corrected chi connectivity index (χ2v) is 5.72. The summed E-state index contributed by atoms with van der Waals surface area (Å²) in [4.78, 5) is 14.9. The zero-order valence-corrected chi connectivity index (χ0v) is 12.0. The maximum atomic E-state index is 11.0. The number of nitro groups is 1. The molecule has 1 saturated carbocycles. The first-order chi connectivity index (χ1) is 10.0. The van der Waals surface area contributed by atoms with E-state index in [2.05, 4.69) is 22.2 Å². The average molecular weight is 291 g/mol. The van der Waals surface area contributed by atoms with Crippen LogP contribution in [0.3, 0.4) is 0 Å². The van der Waals surface area contributed by atoms with Gasteiger partial charge in [-0.2, -0.15) is 10.1 Å². The van der Waals surface area contributed by atoms with Crippen LogP contribution in [0.25, 0.3) is 11.6 Å². The molecule has 1 fully saturated rings. The van der Waals surface area contributed by atoms with E-state index < -0.39 is 4.92 Å². The Bertz CT molecular complexity index is 663. The molecule has 0 aliphatic heterocycles. The van der Waals surface area contributed by atoms with Crippen molar-refractivity contribution in [2.24, 2.45) is 13.0 Å². The SMILES string of the molecule is CC1CCCC(c2noc(-c3nn(C)cc3[N+](=O)[O-])n2)C1. The van der Waals surface area contributed by atoms with Crippen molar-refractivity contribution in [2.45, 2.75) is 38.5 Å². The van der Waals surface area contributed by atoms with Gasteiger partial charge in [0.05, 0.1) is 4.92 Å². The van der Waals surface area contributed by atoms with Crippen molar-refractivity contribution in [1.82, 2.24) is 19.9 Å². The maximum absolute atomic E-state index is 11.0. The van der Waals surface area contributed by atoms with E-state index in [0.717, 1.165) is 19.3 Å². The fourth-order valence-corrected chi connectivity index (χ4v) is 2.93. The predicted molar refractivity (Wildman–Crippen MR) is 73.5 cm³/mol. The summed E-state index contributed by atoms with van der Waals surface area (Å²) in [5, 5.41) is 19.1. The van der Waals surface area contributed by atoms with Gasteiger partial charge in [0, 0.05) is 13.0 Å². The van der Waals surface area contributed by atoms with Gasteiger partial charge in [0.1, 0.15) is 6.20 Å². The monoisotopic (exact) mass is 291 g/mol. The van der Waals surface area contributed by atoms with Crippen LogP contribution in [0.5, 0.6) is 0 Å². The Hall–Kier alpha value is -2.25. The van der Waals surface area contributed by atoms with Crippen molar-refractivity contribution >= 4 is 5.69 Å². The molecule has 0 radical (unpaired) electrons. The van der Waals surface area contributed by atoms with Crippen LogP contribution in [-0.2, 0) is 7.05 Å². The van der Waals surface area contributed by atoms with Crippen LogP contribution in [0.15, 0.2) is 10.7 Å². The van der Waals surface area contributed by atoms with E-state index in [0.29, 0.717) is 11.7 Å². The Kier molecular flexibility index (Phi) is 3.44. The zero-order chi connectivity index (χ0) is 15.0. The lowest BCUT2D eigenvalue weighted by Crippen LogP contribution is -2.12. The molecule has 2 aromatic heterocycles. The van der Waals surface area contributed by atoms with Gasteiger partial charge in [-0.3, -0.25) is 14.8 Å². The lowest BCUT2D eigenvalue weighted by atomic mass is 9.82. The van der Waals surface area contributed by atoms with Gasteiger partial charge in [-0.1, -0.05) is 24.9 Å². The maximum Gasteiger partial charge on any atom is 0.320 e. The Morgan fingerprint density at radius 1 is 1.48 bits per heavy atom. The van der Waals surface area contributed by atoms with Crippen LogP contribution in [-0.4, -0.2) is 24.8 Å². The summed E-state index contributed by atoms with van der Waals surface area (Å²) in [6.45, 7) is 2.22. The van der Waals surface area contributed by atoms with Crippen LogP contribution in [0.4, 0.5) is 5.69 Å². The van der Waals surface area contributed by atoms with Crippen LogP contribution in [0.1, 0.15) is 44.3 Å². The van der Waals surface area contributed by atoms with Gasteiger partial charge < -0.3 is 4.52 Å². The van der Waals surface area contributed by atoms with E-state index >= 15 is 0 Å². The molecule has 0 saturated heterocycles. The molecule has 1 aliphatic rings. The summed E-state index contributed by atoms with van der Waals surface area (Å²) in [6, 6.07) is 0. The quantitative estimate of drug-likeness (QED) is 0.636. The van der Waals surface area contributed by atoms with Crippen molar-refractivity contribution in [3.05, 3.63) is 22.1 Å². The predicted octanol–water partition coefficient (Wildman–Crippen LogP) is 2.67. The molecule has 0 aromatic carbocycles. The first-order valence-electron chi connectivity index (χ1n) is 7.06. The summed E-state index contributed by atoms with van der Waals surface area (Å²) in [5.74, 6) is 1.68. The summed E-state index contributed by atoms with van der Waals surface area (Å²) >= 11 is 0. The molecule has 2 atom stereocenters. The highest BCUT2D eigenvalue weighted by Crippen LogP contribution is 2.36. The van der Waals surface area contributed by atoms with E-state index in [1.807, 2.05) is 0 Å². The fraction of sp³-hybridized carbons (Fsp3) is 0.615. The Balaban J connectivity index is 1.90. The molecular formula is C13H17N5O3. The standard InChI is InChI=1S/C13H17N5O3/c1-8-4-3-5-9(6-8)12-14-13(21-16-12)11-10(18(19)20)7-17(2)15-11/h7-9H,3-6H2,1-2H3. The van der Waals surface area contributed by atoms with Gasteiger partial charge in [-0.05, 0) is 18.8 Å². The molecule has 0 bridgehead atoms. The van der Waals surface area contributed by atoms with E-state index in [-0.39, 0.29) is 23.2 Å². The van der Waals surface area contributed by atoms with Crippen LogP contribution >= 0.6 is 0 Å². The third-order valence-electron chi connectivity index (χ3n) is 3.95. The van der Waals surface area contributed by atoms with E-state index in [9.17, 15) is 10.1 Å². The molecule has 8 heteroatoms. The third kappa shape index (κ3) is 2.65. The van der Waals surface area contributed by atoms with Crippen LogP contribution in [0, 0.1) is 16.0 Å². The van der Waals surface area contributed by atoms with Gasteiger partial charge >= 0.3 is 5.69 Å². The lowest BCUT2D eigenvalue weighted by molar-refractivity contribution is -0.384. The first kappa shape index (κ1) is 13.7. The molecule has 8 nitrogen and oxygen atoms in total. The number of hydrogen-bond acceptors (Lipinski definition) is 6. The second kappa shape index (κ2) is 5.27.